The number of H-pyrrole nitrogens is 1. The van der Waals surface area contributed by atoms with Gasteiger partial charge in [0.15, 0.2) is 0 Å². The lowest BCUT2D eigenvalue weighted by Crippen LogP contribution is -2.44. The van der Waals surface area contributed by atoms with Gasteiger partial charge in [-0.1, -0.05) is 0 Å². The smallest absolute Gasteiger partial charge is 0.422 e. The van der Waals surface area contributed by atoms with Crippen LogP contribution in [0.25, 0.3) is 0 Å². The number of aromatic nitrogens is 2. The van der Waals surface area contributed by atoms with Crippen molar-refractivity contribution in [3.05, 3.63) is 12.3 Å². The van der Waals surface area contributed by atoms with Crippen molar-refractivity contribution in [1.29, 1.82) is 0 Å². The zero-order valence-corrected chi connectivity index (χ0v) is 9.97. The van der Waals surface area contributed by atoms with E-state index in [-0.39, 0.29) is 0 Å². The molecule has 0 aliphatic carbocycles. The molecule has 0 saturated heterocycles. The third-order valence-corrected chi connectivity index (χ3v) is 2.30. The fourth-order valence-electron chi connectivity index (χ4n) is 0.410. The average Bonchev–Trinajstić information content (AvgIpc) is 2.51. The predicted molar refractivity (Wildman–Crippen MR) is 61.0 cm³/mol. The number of aromatic amines is 1. The molecule has 1 aromatic rings. The molecular formula is C9H19BN2O4. The molecule has 1 rings (SSSR count). The first-order chi connectivity index (χ1) is 7.05. The summed E-state index contributed by atoms with van der Waals surface area (Å²) in [6.07, 6.45) is 1.45. The molecule has 5 N–H and O–H groups in total. The van der Waals surface area contributed by atoms with Crippen molar-refractivity contribution in [1.82, 2.24) is 10.2 Å². The Balaban J connectivity index is 0.000000281. The van der Waals surface area contributed by atoms with Gasteiger partial charge in [0, 0.05) is 6.20 Å². The first-order valence-electron chi connectivity index (χ1n) is 4.86. The van der Waals surface area contributed by atoms with Gasteiger partial charge in [0.2, 0.25) is 0 Å². The topological polar surface area (TPSA) is 110 Å². The third kappa shape index (κ3) is 5.27. The van der Waals surface area contributed by atoms with Gasteiger partial charge < -0.3 is 20.3 Å². The molecule has 1 heterocycles. The van der Waals surface area contributed by atoms with Crippen molar-refractivity contribution < 1.29 is 20.3 Å². The molecule has 7 heteroatoms. The van der Waals surface area contributed by atoms with Crippen molar-refractivity contribution in [2.75, 3.05) is 0 Å². The molecule has 1 aromatic heterocycles. The highest BCUT2D eigenvalue weighted by Gasteiger charge is 2.31. The number of rotatable bonds is 2. The van der Waals surface area contributed by atoms with Crippen LogP contribution in [0.3, 0.4) is 0 Å². The van der Waals surface area contributed by atoms with Crippen LogP contribution < -0.4 is 5.59 Å². The molecule has 0 bridgehead atoms. The first-order valence-corrected chi connectivity index (χ1v) is 4.86. The summed E-state index contributed by atoms with van der Waals surface area (Å²) < 4.78 is 0. The Morgan fingerprint density at radius 1 is 1.12 bits per heavy atom. The van der Waals surface area contributed by atoms with Crippen LogP contribution in [0.4, 0.5) is 0 Å². The van der Waals surface area contributed by atoms with Gasteiger partial charge in [-0.15, -0.1) is 0 Å². The van der Waals surface area contributed by atoms with Crippen LogP contribution in [0.2, 0.25) is 0 Å². The van der Waals surface area contributed by atoms with E-state index in [4.69, 9.17) is 20.3 Å². The second kappa shape index (κ2) is 5.45. The predicted octanol–water partition coefficient (Wildman–Crippen LogP) is -1.38. The van der Waals surface area contributed by atoms with E-state index in [1.165, 1.54) is 12.3 Å². The summed E-state index contributed by atoms with van der Waals surface area (Å²) in [7, 11) is -1.43. The minimum atomic E-state index is -1.43. The van der Waals surface area contributed by atoms with Crippen LogP contribution in [0.1, 0.15) is 27.7 Å². The highest BCUT2D eigenvalue weighted by molar-refractivity contribution is 6.57. The Bertz CT molecular complexity index is 275. The van der Waals surface area contributed by atoms with Gasteiger partial charge in [-0.05, 0) is 33.8 Å². The van der Waals surface area contributed by atoms with Crippen LogP contribution in [-0.4, -0.2) is 48.8 Å². The number of hydrogen-bond donors (Lipinski definition) is 5. The van der Waals surface area contributed by atoms with Gasteiger partial charge in [0.1, 0.15) is 0 Å². The summed E-state index contributed by atoms with van der Waals surface area (Å²) in [5.74, 6) is 0. The summed E-state index contributed by atoms with van der Waals surface area (Å²) in [6.45, 7) is 6.31. The van der Waals surface area contributed by atoms with Crippen molar-refractivity contribution in [2.45, 2.75) is 38.9 Å². The Kier molecular flexibility index (Phi) is 5.14. The maximum atomic E-state index is 9.10. The maximum Gasteiger partial charge on any atom is 0.507 e. The van der Waals surface area contributed by atoms with E-state index < -0.39 is 18.3 Å². The highest BCUT2D eigenvalue weighted by Crippen LogP contribution is 2.19. The lowest BCUT2D eigenvalue weighted by atomic mass is 9.87. The lowest BCUT2D eigenvalue weighted by Gasteiger charge is -2.31. The van der Waals surface area contributed by atoms with E-state index in [0.29, 0.717) is 5.59 Å². The molecule has 92 valence electrons. The van der Waals surface area contributed by atoms with E-state index in [0.717, 1.165) is 0 Å². The quantitative estimate of drug-likeness (QED) is 0.402. The molecule has 0 aromatic carbocycles. The first kappa shape index (κ1) is 15.1. The van der Waals surface area contributed by atoms with E-state index in [9.17, 15) is 0 Å². The minimum Gasteiger partial charge on any atom is -0.422 e. The number of nitrogens with one attached hydrogen (secondary N) is 1. The number of aliphatic hydroxyl groups is 2. The van der Waals surface area contributed by atoms with Crippen LogP contribution in [0, 0.1) is 0 Å². The molecule has 0 atom stereocenters. The van der Waals surface area contributed by atoms with Gasteiger partial charge >= 0.3 is 7.12 Å². The van der Waals surface area contributed by atoms with E-state index in [1.54, 1.807) is 27.7 Å². The van der Waals surface area contributed by atoms with Crippen LogP contribution in [0.15, 0.2) is 12.3 Å². The fraction of sp³-hybridized carbons (Fsp3) is 0.667. The van der Waals surface area contributed by atoms with Crippen LogP contribution in [-0.2, 0) is 0 Å². The average molecular weight is 230 g/mol. The van der Waals surface area contributed by atoms with Crippen molar-refractivity contribution >= 4 is 12.7 Å². The zero-order chi connectivity index (χ0) is 13.0. The monoisotopic (exact) mass is 230 g/mol. The van der Waals surface area contributed by atoms with Gasteiger partial charge in [0.05, 0.1) is 16.8 Å². The van der Waals surface area contributed by atoms with Crippen molar-refractivity contribution in [3.63, 3.8) is 0 Å². The molecule has 0 fully saturated rings. The number of hydrogen-bond acceptors (Lipinski definition) is 5. The third-order valence-electron chi connectivity index (χ3n) is 2.30. The summed E-state index contributed by atoms with van der Waals surface area (Å²) in [5, 5.41) is 40.9. The van der Waals surface area contributed by atoms with Crippen LogP contribution >= 0.6 is 0 Å². The molecule has 0 aliphatic rings. The SMILES string of the molecule is CC(C)(O)C(C)(C)O.OB(O)c1ccn[nH]1. The Hall–Kier alpha value is -0.885. The minimum absolute atomic E-state index is 0.310. The zero-order valence-electron chi connectivity index (χ0n) is 9.97. The molecule has 0 radical (unpaired) electrons. The summed E-state index contributed by atoms with van der Waals surface area (Å²) in [4.78, 5) is 0. The molecule has 0 aliphatic heterocycles. The fourth-order valence-corrected chi connectivity index (χ4v) is 0.410. The van der Waals surface area contributed by atoms with Crippen LogP contribution in [0.5, 0.6) is 0 Å². The van der Waals surface area contributed by atoms with Crippen molar-refractivity contribution in [3.8, 4) is 0 Å². The molecular weight excluding hydrogens is 211 g/mol. The van der Waals surface area contributed by atoms with Gasteiger partial charge in [-0.2, -0.15) is 5.10 Å². The van der Waals surface area contributed by atoms with E-state index in [1.807, 2.05) is 0 Å². The summed E-state index contributed by atoms with van der Waals surface area (Å²) in [5.41, 5.74) is -1.70. The second-order valence-corrected chi connectivity index (χ2v) is 4.50. The van der Waals surface area contributed by atoms with Crippen molar-refractivity contribution in [2.24, 2.45) is 0 Å². The molecule has 0 saturated carbocycles. The summed E-state index contributed by atoms with van der Waals surface area (Å²) >= 11 is 0. The molecule has 0 amide bonds. The van der Waals surface area contributed by atoms with E-state index in [2.05, 4.69) is 10.2 Å². The molecule has 0 unspecified atom stereocenters. The maximum absolute atomic E-state index is 9.10. The molecule has 0 spiro atoms. The Morgan fingerprint density at radius 3 is 1.69 bits per heavy atom. The Labute approximate surface area is 95.1 Å². The number of nitrogens with zero attached hydrogens (tertiary/aromatic N) is 1. The lowest BCUT2D eigenvalue weighted by molar-refractivity contribution is -0.107. The van der Waals surface area contributed by atoms with E-state index >= 15 is 0 Å². The largest absolute Gasteiger partial charge is 0.507 e. The summed E-state index contributed by atoms with van der Waals surface area (Å²) in [6, 6.07) is 1.49. The highest BCUT2D eigenvalue weighted by atomic mass is 16.4. The normalized spacial score (nSPS) is 11.8. The second-order valence-electron chi connectivity index (χ2n) is 4.50. The molecule has 6 nitrogen and oxygen atoms in total. The Morgan fingerprint density at radius 2 is 1.56 bits per heavy atom. The standard InChI is InChI=1S/C6H14O2.C3H5BN2O2/c1-5(2,7)6(3,4)8;7-4(8)3-1-2-5-6-3/h7-8H,1-4H3;1-2,7-8H,(H,5,6). The van der Waals surface area contributed by atoms with Gasteiger partial charge in [0.25, 0.3) is 0 Å². The van der Waals surface area contributed by atoms with Gasteiger partial charge in [-0.25, -0.2) is 0 Å². The van der Waals surface area contributed by atoms with Gasteiger partial charge in [-0.3, -0.25) is 5.10 Å². The molecule has 16 heavy (non-hydrogen) atoms.